The van der Waals surface area contributed by atoms with Crippen molar-refractivity contribution in [3.8, 4) is 0 Å². The lowest BCUT2D eigenvalue weighted by Crippen LogP contribution is -2.37. The first-order valence-corrected chi connectivity index (χ1v) is 8.10. The third-order valence-electron chi connectivity index (χ3n) is 3.52. The zero-order valence-corrected chi connectivity index (χ0v) is 13.0. The Morgan fingerprint density at radius 1 is 1.32 bits per heavy atom. The highest BCUT2D eigenvalue weighted by Gasteiger charge is 2.35. The summed E-state index contributed by atoms with van der Waals surface area (Å²) in [4.78, 5) is 20.3. The highest BCUT2D eigenvalue weighted by Crippen LogP contribution is 2.43. The minimum Gasteiger partial charge on any atom is -0.450 e. The van der Waals surface area contributed by atoms with Gasteiger partial charge in [0.15, 0.2) is 5.16 Å². The van der Waals surface area contributed by atoms with Crippen LogP contribution in [-0.2, 0) is 11.2 Å². The summed E-state index contributed by atoms with van der Waals surface area (Å²) in [6.45, 7) is 2.16. The number of carbonyl (C=O) groups excluding carboxylic acids is 1. The number of aromatic nitrogens is 2. The van der Waals surface area contributed by atoms with E-state index >= 15 is 0 Å². The molecule has 0 aliphatic heterocycles. The number of fused-ring (bicyclic) bond motifs is 1. The number of hydrogen-bond acceptors (Lipinski definition) is 5. The minimum absolute atomic E-state index is 0.0229. The van der Waals surface area contributed by atoms with E-state index in [1.165, 1.54) is 11.1 Å². The van der Waals surface area contributed by atoms with Crippen molar-refractivity contribution in [2.75, 3.05) is 6.61 Å². The van der Waals surface area contributed by atoms with E-state index < -0.39 is 0 Å². The Bertz CT molecular complexity index is 651. The molecule has 1 aromatic carbocycles. The molecule has 0 saturated heterocycles. The highest BCUT2D eigenvalue weighted by atomic mass is 32.2. The maximum absolute atomic E-state index is 11.8. The third kappa shape index (κ3) is 3.22. The molecule has 2 atom stereocenters. The van der Waals surface area contributed by atoms with Gasteiger partial charge in [-0.25, -0.2) is 14.8 Å². The van der Waals surface area contributed by atoms with Crippen LogP contribution < -0.4 is 5.32 Å². The van der Waals surface area contributed by atoms with Gasteiger partial charge in [-0.1, -0.05) is 36.0 Å². The molecule has 1 amide bonds. The lowest BCUT2D eigenvalue weighted by atomic mass is 10.1. The average molecular weight is 315 g/mol. The fourth-order valence-corrected chi connectivity index (χ4v) is 3.77. The number of amides is 1. The Hall–Kier alpha value is -2.08. The summed E-state index contributed by atoms with van der Waals surface area (Å²) < 4.78 is 5.01. The predicted octanol–water partition coefficient (Wildman–Crippen LogP) is 2.98. The zero-order valence-electron chi connectivity index (χ0n) is 12.2. The van der Waals surface area contributed by atoms with E-state index in [1.54, 1.807) is 37.1 Å². The maximum atomic E-state index is 11.8. The summed E-state index contributed by atoms with van der Waals surface area (Å²) in [7, 11) is 0. The van der Waals surface area contributed by atoms with E-state index in [1.807, 2.05) is 12.1 Å². The molecule has 5 nitrogen and oxygen atoms in total. The van der Waals surface area contributed by atoms with Crippen molar-refractivity contribution >= 4 is 17.9 Å². The van der Waals surface area contributed by atoms with Gasteiger partial charge in [0.2, 0.25) is 0 Å². The second-order valence-corrected chi connectivity index (χ2v) is 6.05. The van der Waals surface area contributed by atoms with E-state index in [4.69, 9.17) is 4.74 Å². The Labute approximate surface area is 133 Å². The summed E-state index contributed by atoms with van der Waals surface area (Å²) in [5, 5.41) is 3.75. The standard InChI is InChI=1S/C16H17N3O2S/c1-2-21-16(20)19-13-10-11-6-3-4-7-12(11)14(13)22-15-17-8-5-9-18-15/h3-9,13-14H,2,10H2,1H3,(H,19,20)/t13-,14-/m0/s1. The molecule has 1 N–H and O–H groups in total. The number of ether oxygens (including phenoxy) is 1. The lowest BCUT2D eigenvalue weighted by Gasteiger charge is -2.20. The Kier molecular flexibility index (Phi) is 4.58. The van der Waals surface area contributed by atoms with Crippen molar-refractivity contribution in [1.29, 1.82) is 0 Å². The van der Waals surface area contributed by atoms with Crippen LogP contribution in [0.5, 0.6) is 0 Å². The molecule has 0 bridgehead atoms. The minimum atomic E-state index is -0.375. The molecular weight excluding hydrogens is 298 g/mol. The molecule has 0 fully saturated rings. The number of nitrogens with zero attached hydrogens (tertiary/aromatic N) is 2. The van der Waals surface area contributed by atoms with Crippen molar-refractivity contribution in [2.24, 2.45) is 0 Å². The number of nitrogens with one attached hydrogen (secondary N) is 1. The van der Waals surface area contributed by atoms with Gasteiger partial charge in [-0.3, -0.25) is 0 Å². The fraction of sp³-hybridized carbons (Fsp3) is 0.312. The number of benzene rings is 1. The first-order valence-electron chi connectivity index (χ1n) is 7.22. The van der Waals surface area contributed by atoms with Crippen LogP contribution >= 0.6 is 11.8 Å². The number of rotatable bonds is 4. The number of thioether (sulfide) groups is 1. The predicted molar refractivity (Wildman–Crippen MR) is 84.7 cm³/mol. The van der Waals surface area contributed by atoms with Crippen molar-refractivity contribution in [3.63, 3.8) is 0 Å². The van der Waals surface area contributed by atoms with Gasteiger partial charge in [-0.15, -0.1) is 0 Å². The van der Waals surface area contributed by atoms with Crippen LogP contribution in [0, 0.1) is 0 Å². The summed E-state index contributed by atoms with van der Waals surface area (Å²) >= 11 is 1.57. The Morgan fingerprint density at radius 3 is 2.86 bits per heavy atom. The first-order chi connectivity index (χ1) is 10.8. The van der Waals surface area contributed by atoms with Crippen molar-refractivity contribution in [2.45, 2.75) is 29.8 Å². The summed E-state index contributed by atoms with van der Waals surface area (Å²) in [6.07, 6.45) is 3.87. The molecule has 1 heterocycles. The number of hydrogen-bond donors (Lipinski definition) is 1. The van der Waals surface area contributed by atoms with Gasteiger partial charge in [-0.2, -0.15) is 0 Å². The zero-order chi connectivity index (χ0) is 15.4. The van der Waals surface area contributed by atoms with Gasteiger partial charge >= 0.3 is 6.09 Å². The molecule has 0 saturated carbocycles. The maximum Gasteiger partial charge on any atom is 0.407 e. The van der Waals surface area contributed by atoms with Gasteiger partial charge in [-0.05, 0) is 30.5 Å². The average Bonchev–Trinajstić information content (AvgIpc) is 2.86. The van der Waals surface area contributed by atoms with Crippen LogP contribution in [0.15, 0.2) is 47.9 Å². The lowest BCUT2D eigenvalue weighted by molar-refractivity contribution is 0.148. The number of alkyl carbamates (subject to hydrolysis) is 1. The smallest absolute Gasteiger partial charge is 0.407 e. The molecular formula is C16H17N3O2S. The monoisotopic (exact) mass is 315 g/mol. The SMILES string of the molecule is CCOC(=O)N[C@H]1Cc2ccccc2[C@@H]1Sc1ncccn1. The molecule has 114 valence electrons. The Morgan fingerprint density at radius 2 is 2.09 bits per heavy atom. The highest BCUT2D eigenvalue weighted by molar-refractivity contribution is 7.99. The van der Waals surface area contributed by atoms with Crippen molar-refractivity contribution < 1.29 is 9.53 Å². The van der Waals surface area contributed by atoms with Gasteiger partial charge in [0.25, 0.3) is 0 Å². The quantitative estimate of drug-likeness (QED) is 0.879. The van der Waals surface area contributed by atoms with Gasteiger partial charge in [0.1, 0.15) is 0 Å². The second kappa shape index (κ2) is 6.79. The molecule has 6 heteroatoms. The van der Waals surface area contributed by atoms with Crippen LogP contribution in [0.2, 0.25) is 0 Å². The van der Waals surface area contributed by atoms with Crippen LogP contribution in [0.4, 0.5) is 4.79 Å². The van der Waals surface area contributed by atoms with Gasteiger partial charge in [0.05, 0.1) is 17.9 Å². The molecule has 0 spiro atoms. The van der Waals surface area contributed by atoms with E-state index in [0.717, 1.165) is 6.42 Å². The largest absolute Gasteiger partial charge is 0.450 e. The van der Waals surface area contributed by atoms with E-state index in [2.05, 4.69) is 27.4 Å². The normalized spacial score (nSPS) is 19.5. The van der Waals surface area contributed by atoms with Crippen molar-refractivity contribution in [3.05, 3.63) is 53.9 Å². The van der Waals surface area contributed by atoms with E-state index in [9.17, 15) is 4.79 Å². The fourth-order valence-electron chi connectivity index (χ4n) is 2.61. The van der Waals surface area contributed by atoms with Crippen LogP contribution in [-0.4, -0.2) is 28.7 Å². The molecule has 3 rings (SSSR count). The summed E-state index contributed by atoms with van der Waals surface area (Å²) in [6, 6.07) is 10.0. The Balaban J connectivity index is 1.82. The third-order valence-corrected chi connectivity index (χ3v) is 4.78. The molecule has 1 aromatic heterocycles. The van der Waals surface area contributed by atoms with E-state index in [-0.39, 0.29) is 17.4 Å². The molecule has 22 heavy (non-hydrogen) atoms. The van der Waals surface area contributed by atoms with E-state index in [0.29, 0.717) is 11.8 Å². The summed E-state index contributed by atoms with van der Waals surface area (Å²) in [5.74, 6) is 0. The summed E-state index contributed by atoms with van der Waals surface area (Å²) in [5.41, 5.74) is 2.47. The first kappa shape index (κ1) is 14.8. The molecule has 1 aliphatic carbocycles. The van der Waals surface area contributed by atoms with Gasteiger partial charge in [0, 0.05) is 12.4 Å². The van der Waals surface area contributed by atoms with Crippen LogP contribution in [0.1, 0.15) is 23.3 Å². The van der Waals surface area contributed by atoms with Crippen LogP contribution in [0.25, 0.3) is 0 Å². The van der Waals surface area contributed by atoms with Crippen LogP contribution in [0.3, 0.4) is 0 Å². The number of carbonyl (C=O) groups is 1. The molecule has 2 aromatic rings. The second-order valence-electron chi connectivity index (χ2n) is 4.94. The molecule has 0 unspecified atom stereocenters. The molecule has 0 radical (unpaired) electrons. The molecule has 1 aliphatic rings. The van der Waals surface area contributed by atoms with Crippen molar-refractivity contribution in [1.82, 2.24) is 15.3 Å². The van der Waals surface area contributed by atoms with Gasteiger partial charge < -0.3 is 10.1 Å². The topological polar surface area (TPSA) is 64.1 Å².